The van der Waals surface area contributed by atoms with E-state index in [2.05, 4.69) is 52.0 Å². The van der Waals surface area contributed by atoms with Crippen molar-refractivity contribution in [2.75, 3.05) is 0 Å². The van der Waals surface area contributed by atoms with Crippen molar-refractivity contribution in [2.24, 2.45) is 22.2 Å². The summed E-state index contributed by atoms with van der Waals surface area (Å²) in [5.41, 5.74) is 3.39. The SMILES string of the molecule is CCCC(=O)OC1C2(Cc3ccccc3C2)C2CCC1(C)C2(C)C. The van der Waals surface area contributed by atoms with Gasteiger partial charge in [0, 0.05) is 17.3 Å². The van der Waals surface area contributed by atoms with Gasteiger partial charge in [-0.1, -0.05) is 52.0 Å². The van der Waals surface area contributed by atoms with Crippen LogP contribution in [-0.2, 0) is 22.4 Å². The monoisotopic (exact) mass is 326 g/mol. The number of esters is 1. The zero-order chi connectivity index (χ0) is 17.2. The lowest BCUT2D eigenvalue weighted by Gasteiger charge is -2.44. The van der Waals surface area contributed by atoms with Gasteiger partial charge in [-0.2, -0.15) is 0 Å². The first-order valence-corrected chi connectivity index (χ1v) is 9.61. The number of fused-ring (bicyclic) bond motifs is 4. The molecule has 4 rings (SSSR count). The van der Waals surface area contributed by atoms with Crippen LogP contribution >= 0.6 is 0 Å². The normalized spacial score (nSPS) is 34.5. The van der Waals surface area contributed by atoms with Crippen LogP contribution in [0.5, 0.6) is 0 Å². The highest BCUT2D eigenvalue weighted by Gasteiger charge is 2.74. The first kappa shape index (κ1) is 16.2. The highest BCUT2D eigenvalue weighted by molar-refractivity contribution is 5.70. The van der Waals surface area contributed by atoms with E-state index in [0.29, 0.717) is 12.3 Å². The second-order valence-corrected chi connectivity index (χ2v) is 9.21. The van der Waals surface area contributed by atoms with Gasteiger partial charge in [0.2, 0.25) is 0 Å². The molecule has 2 heteroatoms. The molecule has 0 N–H and O–H groups in total. The van der Waals surface area contributed by atoms with E-state index >= 15 is 0 Å². The lowest BCUT2D eigenvalue weighted by molar-refractivity contribution is -0.167. The van der Waals surface area contributed by atoms with Crippen LogP contribution in [0.4, 0.5) is 0 Å². The second kappa shape index (κ2) is 5.09. The van der Waals surface area contributed by atoms with Crippen molar-refractivity contribution >= 4 is 5.97 Å². The van der Waals surface area contributed by atoms with E-state index in [9.17, 15) is 4.79 Å². The first-order chi connectivity index (χ1) is 11.3. The summed E-state index contributed by atoms with van der Waals surface area (Å²) >= 11 is 0. The molecule has 2 saturated carbocycles. The molecule has 3 aliphatic carbocycles. The van der Waals surface area contributed by atoms with Gasteiger partial charge >= 0.3 is 5.97 Å². The molecule has 1 spiro atoms. The summed E-state index contributed by atoms with van der Waals surface area (Å²) < 4.78 is 6.25. The summed E-state index contributed by atoms with van der Waals surface area (Å²) in [6, 6.07) is 8.85. The Kier molecular flexibility index (Phi) is 3.43. The quantitative estimate of drug-likeness (QED) is 0.735. The van der Waals surface area contributed by atoms with Crippen molar-refractivity contribution in [3.05, 3.63) is 35.4 Å². The van der Waals surface area contributed by atoms with Crippen molar-refractivity contribution < 1.29 is 9.53 Å². The first-order valence-electron chi connectivity index (χ1n) is 9.61. The van der Waals surface area contributed by atoms with Crippen molar-refractivity contribution in [3.8, 4) is 0 Å². The average molecular weight is 326 g/mol. The number of carbonyl (C=O) groups excluding carboxylic acids is 1. The zero-order valence-electron chi connectivity index (χ0n) is 15.5. The molecule has 0 saturated heterocycles. The van der Waals surface area contributed by atoms with Gasteiger partial charge in [0.25, 0.3) is 0 Å². The maximum Gasteiger partial charge on any atom is 0.306 e. The Hall–Kier alpha value is -1.31. The lowest BCUT2D eigenvalue weighted by atomic mass is 9.66. The van der Waals surface area contributed by atoms with Crippen LogP contribution in [0, 0.1) is 22.2 Å². The molecule has 3 aliphatic rings. The second-order valence-electron chi connectivity index (χ2n) is 9.21. The van der Waals surface area contributed by atoms with Gasteiger partial charge < -0.3 is 4.74 Å². The molecule has 1 aromatic carbocycles. The molecular formula is C22H30O2. The molecule has 0 radical (unpaired) electrons. The van der Waals surface area contributed by atoms with Gasteiger partial charge in [0.1, 0.15) is 6.10 Å². The average Bonchev–Trinajstić information content (AvgIpc) is 3.04. The Balaban J connectivity index is 1.76. The third kappa shape index (κ3) is 1.86. The minimum absolute atomic E-state index is 0.00223. The minimum Gasteiger partial charge on any atom is -0.461 e. The van der Waals surface area contributed by atoms with Gasteiger partial charge in [-0.3, -0.25) is 4.79 Å². The number of rotatable bonds is 3. The number of hydrogen-bond donors (Lipinski definition) is 0. The molecule has 3 unspecified atom stereocenters. The van der Waals surface area contributed by atoms with Crippen LogP contribution in [0.3, 0.4) is 0 Å². The fourth-order valence-corrected chi connectivity index (χ4v) is 6.57. The molecule has 2 nitrogen and oxygen atoms in total. The Labute approximate surface area is 146 Å². The highest BCUT2D eigenvalue weighted by Crippen LogP contribution is 2.75. The summed E-state index contributed by atoms with van der Waals surface area (Å²) in [6.07, 6.45) is 6.09. The maximum absolute atomic E-state index is 12.4. The zero-order valence-corrected chi connectivity index (χ0v) is 15.5. The number of benzene rings is 1. The van der Waals surface area contributed by atoms with Gasteiger partial charge in [-0.05, 0) is 54.6 Å². The number of carbonyl (C=O) groups is 1. The molecule has 130 valence electrons. The fourth-order valence-electron chi connectivity index (χ4n) is 6.57. The predicted molar refractivity (Wildman–Crippen MR) is 95.7 cm³/mol. The van der Waals surface area contributed by atoms with Crippen LogP contribution in [0.1, 0.15) is 64.5 Å². The largest absolute Gasteiger partial charge is 0.461 e. The Bertz CT molecular complexity index is 649. The van der Waals surface area contributed by atoms with E-state index in [4.69, 9.17) is 4.74 Å². The van der Waals surface area contributed by atoms with Gasteiger partial charge in [0.05, 0.1) is 0 Å². The molecule has 0 aliphatic heterocycles. The molecule has 24 heavy (non-hydrogen) atoms. The van der Waals surface area contributed by atoms with Crippen molar-refractivity contribution in [1.29, 1.82) is 0 Å². The fraction of sp³-hybridized carbons (Fsp3) is 0.682. The van der Waals surface area contributed by atoms with E-state index in [1.165, 1.54) is 24.0 Å². The third-order valence-electron chi connectivity index (χ3n) is 7.95. The maximum atomic E-state index is 12.4. The van der Waals surface area contributed by atoms with E-state index in [1.54, 1.807) is 0 Å². The lowest BCUT2D eigenvalue weighted by Crippen LogP contribution is -2.48. The molecule has 0 amide bonds. The van der Waals surface area contributed by atoms with E-state index in [0.717, 1.165) is 19.3 Å². The van der Waals surface area contributed by atoms with E-state index in [-0.39, 0.29) is 28.3 Å². The van der Waals surface area contributed by atoms with Gasteiger partial charge in [-0.15, -0.1) is 0 Å². The van der Waals surface area contributed by atoms with Crippen molar-refractivity contribution in [2.45, 2.75) is 72.3 Å². The molecule has 3 atom stereocenters. The molecule has 2 fully saturated rings. The van der Waals surface area contributed by atoms with Crippen LogP contribution < -0.4 is 0 Å². The smallest absolute Gasteiger partial charge is 0.306 e. The minimum atomic E-state index is 0.00223. The molecule has 0 heterocycles. The predicted octanol–water partition coefficient (Wildman–Crippen LogP) is 4.94. The number of hydrogen-bond acceptors (Lipinski definition) is 2. The Morgan fingerprint density at radius 1 is 1.17 bits per heavy atom. The Morgan fingerprint density at radius 3 is 2.38 bits per heavy atom. The van der Waals surface area contributed by atoms with Crippen LogP contribution in [0.25, 0.3) is 0 Å². The van der Waals surface area contributed by atoms with Crippen molar-refractivity contribution in [1.82, 2.24) is 0 Å². The van der Waals surface area contributed by atoms with Crippen LogP contribution in [0.15, 0.2) is 24.3 Å². The molecule has 2 bridgehead atoms. The van der Waals surface area contributed by atoms with Crippen LogP contribution in [-0.4, -0.2) is 12.1 Å². The summed E-state index contributed by atoms with van der Waals surface area (Å²) in [5, 5.41) is 0. The summed E-state index contributed by atoms with van der Waals surface area (Å²) in [6.45, 7) is 9.27. The standard InChI is InChI=1S/C22H30O2/c1-5-8-18(23)24-19-21(4)12-11-17(20(21,2)3)22(19)13-15-9-6-7-10-16(15)14-22/h6-7,9-10,17,19H,5,8,11-14H2,1-4H3. The third-order valence-corrected chi connectivity index (χ3v) is 7.95. The number of ether oxygens (including phenoxy) is 1. The van der Waals surface area contributed by atoms with Crippen molar-refractivity contribution in [3.63, 3.8) is 0 Å². The Morgan fingerprint density at radius 2 is 1.79 bits per heavy atom. The summed E-state index contributed by atoms with van der Waals surface area (Å²) in [4.78, 5) is 12.4. The topological polar surface area (TPSA) is 26.3 Å². The highest BCUT2D eigenvalue weighted by atomic mass is 16.5. The van der Waals surface area contributed by atoms with E-state index in [1.807, 2.05) is 0 Å². The molecular weight excluding hydrogens is 296 g/mol. The van der Waals surface area contributed by atoms with Gasteiger partial charge in [-0.25, -0.2) is 0 Å². The molecule has 1 aromatic rings. The van der Waals surface area contributed by atoms with Crippen LogP contribution in [0.2, 0.25) is 0 Å². The molecule has 0 aromatic heterocycles. The van der Waals surface area contributed by atoms with Gasteiger partial charge in [0.15, 0.2) is 0 Å². The summed E-state index contributed by atoms with van der Waals surface area (Å²) in [5.74, 6) is 0.643. The summed E-state index contributed by atoms with van der Waals surface area (Å²) in [7, 11) is 0. The van der Waals surface area contributed by atoms with E-state index < -0.39 is 0 Å².